The normalized spacial score (nSPS) is 16.1. The van der Waals surface area contributed by atoms with Gasteiger partial charge in [0.2, 0.25) is 47.3 Å². The molecule has 0 aliphatic carbocycles. The standard InChI is InChI=1S/C48H63N11O18/c1-23(60)40(46(75)51-21-36(64)57-41(24(2)61)47(76)55-32(42(71)52-22-39(69)70)17-26-20-50-29-7-4-3-6-28(26)29)58-43(72)30(13-14-37(65)66)54-45(74)34-8-5-15-59(34)48(77)33(18-38(67)68)56-44(73)31(53-35(63)19-49)16-25-9-11-27(62)12-10-25/h3-4,6-7,9-12,20,23-24,30-34,40-41,50,60-62H,5,8,13-19,21-22,49H2,1-2H3,(H,51,75)(H,52,71)(H,53,63)(H,54,74)(H,55,76)(H,56,73)(H,57,64)(H,58,72)(H,65,66)(H,67,68)(H,69,70)/p+1/t23-,24-,30+,31+,32+,33+,34+,40+,41+/m1/s1. The number of H-pyrrole nitrogens is 1. The van der Waals surface area contributed by atoms with E-state index in [-0.39, 0.29) is 44.5 Å². The number of phenols is 1. The number of carbonyl (C=O) groups excluding carboxylic acids is 9. The number of benzene rings is 2. The number of carbonyl (C=O) groups is 12. The number of rotatable bonds is 29. The van der Waals surface area contributed by atoms with E-state index < -0.39 is 158 Å². The molecule has 1 aliphatic heterocycles. The highest BCUT2D eigenvalue weighted by Crippen LogP contribution is 2.22. The van der Waals surface area contributed by atoms with Gasteiger partial charge in [-0.25, -0.2) is 0 Å². The lowest BCUT2D eigenvalue weighted by Gasteiger charge is -2.30. The minimum absolute atomic E-state index is 0.0479. The van der Waals surface area contributed by atoms with Crippen LogP contribution in [0.5, 0.6) is 5.75 Å². The van der Waals surface area contributed by atoms with Gasteiger partial charge in [0.25, 0.3) is 5.91 Å². The molecule has 0 radical (unpaired) electrons. The molecule has 29 nitrogen and oxygen atoms in total. The molecule has 18 N–H and O–H groups in total. The van der Waals surface area contributed by atoms with E-state index in [4.69, 9.17) is 5.11 Å². The highest BCUT2D eigenvalue weighted by molar-refractivity contribution is 5.99. The van der Waals surface area contributed by atoms with E-state index in [2.05, 4.69) is 53.3 Å². The molecular weight excluding hydrogens is 1020 g/mol. The van der Waals surface area contributed by atoms with Crippen LogP contribution in [-0.2, 0) is 70.4 Å². The number of aromatic hydroxyl groups is 1. The topological polar surface area (TPSA) is 469 Å². The zero-order valence-electron chi connectivity index (χ0n) is 41.9. The summed E-state index contributed by atoms with van der Waals surface area (Å²) < 4.78 is 0. The number of nitrogens with zero attached hydrogens (tertiary/aromatic N) is 1. The molecule has 29 heteroatoms. The summed E-state index contributed by atoms with van der Waals surface area (Å²) in [6.45, 7) is 0.0519. The van der Waals surface area contributed by atoms with Crippen molar-refractivity contribution in [3.05, 3.63) is 65.9 Å². The third kappa shape index (κ3) is 18.6. The van der Waals surface area contributed by atoms with E-state index in [0.717, 1.165) is 18.7 Å². The van der Waals surface area contributed by atoms with Gasteiger partial charge in [0.15, 0.2) is 6.54 Å². The number of aromatic amines is 1. The van der Waals surface area contributed by atoms with Gasteiger partial charge in [0, 0.05) is 42.9 Å². The van der Waals surface area contributed by atoms with Crippen molar-refractivity contribution in [2.45, 2.75) is 113 Å². The SMILES string of the molecule is C[C@@H](O)[C@H](NC(=O)CNC(=O)[C@@H](NC(=O)[C@H](CCC(=O)O)NC(=O)[C@@H]1CCCN1C(=O)[C@H](CC(=O)O)NC(=O)[C@H](Cc1ccc(O)cc1)NC(=O)C[NH3+])[C@@H](C)O)C(=O)N[C@@H](Cc1c[nH]c2ccccc12)C(=O)NCC(=O)O. The van der Waals surface area contributed by atoms with Crippen molar-refractivity contribution in [3.8, 4) is 5.75 Å². The van der Waals surface area contributed by atoms with E-state index in [1.165, 1.54) is 24.3 Å². The van der Waals surface area contributed by atoms with Crippen LogP contribution in [0.2, 0.25) is 0 Å². The number of hydrogen-bond acceptors (Lipinski definition) is 15. The number of quaternary nitrogens is 1. The predicted octanol–water partition coefficient (Wildman–Crippen LogP) is -5.78. The Morgan fingerprint density at radius 3 is 1.88 bits per heavy atom. The molecule has 0 bridgehead atoms. The number of aliphatic carboxylic acids is 3. The fraction of sp³-hybridized carbons (Fsp3) is 0.458. The van der Waals surface area contributed by atoms with Gasteiger partial charge >= 0.3 is 17.9 Å². The second-order valence-electron chi connectivity index (χ2n) is 18.0. The molecule has 418 valence electrons. The Morgan fingerprint density at radius 2 is 1.26 bits per heavy atom. The van der Waals surface area contributed by atoms with Crippen LogP contribution in [0, 0.1) is 0 Å². The number of aliphatic hydroxyl groups excluding tert-OH is 2. The molecule has 1 saturated heterocycles. The summed E-state index contributed by atoms with van der Waals surface area (Å²) in [6.07, 6.45) is -4.24. The molecule has 1 aromatic heterocycles. The van der Waals surface area contributed by atoms with Crippen LogP contribution in [0.1, 0.15) is 57.1 Å². The fourth-order valence-electron chi connectivity index (χ4n) is 8.14. The van der Waals surface area contributed by atoms with Crippen LogP contribution in [0.4, 0.5) is 0 Å². The predicted molar refractivity (Wildman–Crippen MR) is 264 cm³/mol. The van der Waals surface area contributed by atoms with Crippen molar-refractivity contribution in [2.24, 2.45) is 0 Å². The maximum absolute atomic E-state index is 14.0. The number of aromatic nitrogens is 1. The van der Waals surface area contributed by atoms with Crippen molar-refractivity contribution in [2.75, 3.05) is 26.2 Å². The summed E-state index contributed by atoms with van der Waals surface area (Å²) in [5.74, 6) is -13.6. The van der Waals surface area contributed by atoms with Crippen LogP contribution in [0.25, 0.3) is 10.9 Å². The van der Waals surface area contributed by atoms with Gasteiger partial charge in [0.1, 0.15) is 54.6 Å². The largest absolute Gasteiger partial charge is 0.508 e. The number of phenolic OH excluding ortho intramolecular Hbond substituents is 1. The number of aliphatic hydroxyl groups is 2. The molecule has 9 atom stereocenters. The quantitative estimate of drug-likeness (QED) is 0.0308. The first-order valence-electron chi connectivity index (χ1n) is 24.2. The van der Waals surface area contributed by atoms with Gasteiger partial charge in [-0.05, 0) is 62.4 Å². The van der Waals surface area contributed by atoms with Crippen molar-refractivity contribution < 1.29 is 93.9 Å². The van der Waals surface area contributed by atoms with Gasteiger partial charge in [-0.3, -0.25) is 57.5 Å². The zero-order valence-corrected chi connectivity index (χ0v) is 41.9. The summed E-state index contributed by atoms with van der Waals surface area (Å²) in [6, 6.07) is 1.23. The highest BCUT2D eigenvalue weighted by atomic mass is 16.4. The van der Waals surface area contributed by atoms with E-state index in [1.807, 2.05) is 0 Å². The number of hydrogen-bond donors (Lipinski definition) is 16. The number of nitrogens with one attached hydrogen (secondary N) is 9. The van der Waals surface area contributed by atoms with Crippen LogP contribution in [-0.4, -0.2) is 192 Å². The first kappa shape index (κ1) is 60.9. The lowest BCUT2D eigenvalue weighted by atomic mass is 10.0. The summed E-state index contributed by atoms with van der Waals surface area (Å²) in [4.78, 5) is 160. The number of likely N-dealkylation sites (tertiary alicyclic amines) is 1. The minimum Gasteiger partial charge on any atom is -0.508 e. The van der Waals surface area contributed by atoms with Gasteiger partial charge < -0.3 is 88.8 Å². The molecule has 0 saturated carbocycles. The smallest absolute Gasteiger partial charge is 0.322 e. The van der Waals surface area contributed by atoms with E-state index in [9.17, 15) is 83.1 Å². The molecule has 9 amide bonds. The summed E-state index contributed by atoms with van der Waals surface area (Å²) in [5, 5.41) is 78.1. The third-order valence-electron chi connectivity index (χ3n) is 12.1. The van der Waals surface area contributed by atoms with Gasteiger partial charge in [-0.1, -0.05) is 30.3 Å². The Kier molecular flexibility index (Phi) is 22.8. The van der Waals surface area contributed by atoms with Gasteiger partial charge in [0.05, 0.1) is 25.2 Å². The highest BCUT2D eigenvalue weighted by Gasteiger charge is 2.41. The third-order valence-corrected chi connectivity index (χ3v) is 12.1. The number of carboxylic acids is 3. The van der Waals surface area contributed by atoms with E-state index >= 15 is 0 Å². The molecule has 2 aromatic carbocycles. The van der Waals surface area contributed by atoms with Crippen molar-refractivity contribution in [1.29, 1.82) is 0 Å². The van der Waals surface area contributed by atoms with Crippen LogP contribution >= 0.6 is 0 Å². The van der Waals surface area contributed by atoms with Crippen LogP contribution in [0.3, 0.4) is 0 Å². The Morgan fingerprint density at radius 1 is 0.649 bits per heavy atom. The molecular formula is C48H64N11O18+. The Labute approximate surface area is 438 Å². The summed E-state index contributed by atoms with van der Waals surface area (Å²) in [5.41, 5.74) is 5.20. The van der Waals surface area contributed by atoms with Gasteiger partial charge in [-0.2, -0.15) is 0 Å². The zero-order chi connectivity index (χ0) is 57.1. The average molecular weight is 1080 g/mol. The Bertz CT molecular complexity index is 2660. The lowest BCUT2D eigenvalue weighted by Crippen LogP contribution is -2.62. The fourth-order valence-corrected chi connectivity index (χ4v) is 8.14. The van der Waals surface area contributed by atoms with E-state index in [1.54, 1.807) is 30.5 Å². The average Bonchev–Trinajstić information content (AvgIpc) is 4.04. The molecule has 0 unspecified atom stereocenters. The second kappa shape index (κ2) is 28.8. The van der Waals surface area contributed by atoms with Crippen molar-refractivity contribution in [1.82, 2.24) is 52.4 Å². The number of carboxylic acid groups (broad SMARTS) is 3. The number of para-hydroxylation sites is 1. The first-order chi connectivity index (χ1) is 36.4. The maximum Gasteiger partial charge on any atom is 0.322 e. The Balaban J connectivity index is 1.43. The number of fused-ring (bicyclic) bond motifs is 1. The lowest BCUT2D eigenvalue weighted by molar-refractivity contribution is -0.355. The minimum atomic E-state index is -1.88. The Hall–Kier alpha value is -8.70. The van der Waals surface area contributed by atoms with Crippen LogP contribution in [0.15, 0.2) is 54.7 Å². The number of amides is 9. The maximum atomic E-state index is 14.0. The monoisotopic (exact) mass is 1080 g/mol. The van der Waals surface area contributed by atoms with Crippen LogP contribution < -0.4 is 48.3 Å². The van der Waals surface area contributed by atoms with Gasteiger partial charge in [-0.15, -0.1) is 0 Å². The molecule has 4 rings (SSSR count). The van der Waals surface area contributed by atoms with Crippen molar-refractivity contribution >= 4 is 82.0 Å². The molecule has 1 aliphatic rings. The van der Waals surface area contributed by atoms with Crippen molar-refractivity contribution in [3.63, 3.8) is 0 Å². The van der Waals surface area contributed by atoms with E-state index in [0.29, 0.717) is 22.0 Å². The first-order valence-corrected chi connectivity index (χ1v) is 24.2. The second-order valence-corrected chi connectivity index (χ2v) is 18.0. The molecule has 1 fully saturated rings. The summed E-state index contributed by atoms with van der Waals surface area (Å²) >= 11 is 0. The molecule has 2 heterocycles. The molecule has 0 spiro atoms. The molecule has 3 aromatic rings. The summed E-state index contributed by atoms with van der Waals surface area (Å²) in [7, 11) is 0. The molecule has 77 heavy (non-hydrogen) atoms.